The van der Waals surface area contributed by atoms with Crippen molar-refractivity contribution in [1.29, 1.82) is 0 Å². The Bertz CT molecular complexity index is 376. The zero-order valence-corrected chi connectivity index (χ0v) is 11.3. The van der Waals surface area contributed by atoms with Gasteiger partial charge in [-0.25, -0.2) is 0 Å². The van der Waals surface area contributed by atoms with E-state index < -0.39 is 0 Å². The van der Waals surface area contributed by atoms with Gasteiger partial charge < -0.3 is 9.69 Å². The van der Waals surface area contributed by atoms with Crippen molar-refractivity contribution in [2.45, 2.75) is 19.3 Å². The quantitative estimate of drug-likeness (QED) is 0.695. The van der Waals surface area contributed by atoms with Gasteiger partial charge in [0.25, 0.3) is 0 Å². The number of aryl methyl sites for hydroxylation is 1. The van der Waals surface area contributed by atoms with E-state index in [1.54, 1.807) is 0 Å². The molecule has 1 amide bonds. The first-order valence-corrected chi connectivity index (χ1v) is 4.76. The molecule has 15 heavy (non-hydrogen) atoms. The monoisotopic (exact) mass is 370 g/mol. The summed E-state index contributed by atoms with van der Waals surface area (Å²) in [6, 6.07) is 7.92. The molecule has 1 aliphatic heterocycles. The fourth-order valence-corrected chi connectivity index (χ4v) is 1.79. The summed E-state index contributed by atoms with van der Waals surface area (Å²) in [5.41, 5.74) is 2.14. The van der Waals surface area contributed by atoms with Crippen LogP contribution in [0.4, 0.5) is 5.69 Å². The molecule has 0 spiro atoms. The molecule has 0 aliphatic carbocycles. The van der Waals surface area contributed by atoms with Gasteiger partial charge in [0.05, 0.1) is 0 Å². The topological polar surface area (TPSA) is 20.3 Å². The number of carbonyl (C=O) groups is 1. The molecule has 0 saturated heterocycles. The van der Waals surface area contributed by atoms with Gasteiger partial charge in [-0.05, 0) is 12.8 Å². The summed E-state index contributed by atoms with van der Waals surface area (Å²) in [5, 5.41) is 0. The van der Waals surface area contributed by atoms with E-state index in [9.17, 15) is 4.79 Å². The number of nitrogens with zero attached hydrogens (tertiary/aromatic N) is 1. The summed E-state index contributed by atoms with van der Waals surface area (Å²) in [6.45, 7) is 3.56. The average Bonchev–Trinajstić information content (AvgIpc) is 2.36. The number of fused-ring (bicyclic) bond motifs is 1. The second-order valence-corrected chi connectivity index (χ2v) is 3.37. The normalized spacial score (nSPS) is 14.9. The Kier molecular flexibility index (Phi) is 4.28. The Morgan fingerprint density at radius 3 is 2.73 bits per heavy atom. The van der Waals surface area contributed by atoms with Gasteiger partial charge in [-0.15, -0.1) is 12.8 Å². The van der Waals surface area contributed by atoms with E-state index in [2.05, 4.69) is 18.8 Å². The number of para-hydroxylation sites is 1. The minimum Gasteiger partial charge on any atom is -0.450 e. The molecular weight excluding hydrogens is 358 g/mol. The summed E-state index contributed by atoms with van der Waals surface area (Å²) in [4.78, 5) is 13.2. The zero-order valence-electron chi connectivity index (χ0n) is 8.40. The van der Waals surface area contributed by atoms with Crippen LogP contribution in [0, 0.1) is 6.20 Å². The number of hydrogen-bond donors (Lipinski definition) is 0. The summed E-state index contributed by atoms with van der Waals surface area (Å²) >= 11 is 0. The molecule has 1 aliphatic rings. The predicted molar refractivity (Wildman–Crippen MR) is 55.7 cm³/mol. The Hall–Kier alpha value is -0.882. The molecule has 0 unspecified atom stereocenters. The molecule has 0 N–H and O–H groups in total. The minimum atomic E-state index is 0. The molecule has 0 atom stereocenters. The molecule has 0 aromatic heterocycles. The van der Waals surface area contributed by atoms with Crippen molar-refractivity contribution in [3.8, 4) is 0 Å². The van der Waals surface area contributed by atoms with Gasteiger partial charge in [0, 0.05) is 21.1 Å². The maximum Gasteiger partial charge on any atom is 0.118 e. The molecule has 1 aromatic carbocycles. The first-order chi connectivity index (χ1) is 6.83. The molecule has 0 fully saturated rings. The van der Waals surface area contributed by atoms with E-state index >= 15 is 0 Å². The van der Waals surface area contributed by atoms with E-state index in [-0.39, 0.29) is 27.0 Å². The van der Waals surface area contributed by atoms with Crippen LogP contribution in [0.25, 0.3) is 0 Å². The van der Waals surface area contributed by atoms with Gasteiger partial charge in [-0.1, -0.05) is 41.9 Å². The van der Waals surface area contributed by atoms with Crippen molar-refractivity contribution in [3.05, 3.63) is 42.6 Å². The Morgan fingerprint density at radius 2 is 2.00 bits per heavy atom. The van der Waals surface area contributed by atoms with E-state index in [0.29, 0.717) is 6.42 Å². The van der Waals surface area contributed by atoms with Crippen molar-refractivity contribution in [1.82, 2.24) is 0 Å². The zero-order chi connectivity index (χ0) is 9.97. The van der Waals surface area contributed by atoms with Gasteiger partial charge in [0.2, 0.25) is 0 Å². The SMILES string of the molecule is C=[C-]N1C(=O)CCCc2ccccc21.[W]. The Morgan fingerprint density at radius 1 is 1.27 bits per heavy atom. The van der Waals surface area contributed by atoms with Crippen molar-refractivity contribution in [2.75, 3.05) is 4.90 Å². The first kappa shape index (κ1) is 12.2. The number of carbonyl (C=O) groups excluding carboxylic acids is 1. The molecule has 1 aromatic rings. The molecule has 2 rings (SSSR count). The molecule has 78 valence electrons. The third kappa shape index (κ3) is 2.38. The van der Waals surface area contributed by atoms with Crippen LogP contribution in [-0.4, -0.2) is 5.91 Å². The maximum absolute atomic E-state index is 11.6. The summed E-state index contributed by atoms with van der Waals surface area (Å²) < 4.78 is 0. The molecule has 1 heterocycles. The second-order valence-electron chi connectivity index (χ2n) is 3.37. The third-order valence-electron chi connectivity index (χ3n) is 2.48. The summed E-state index contributed by atoms with van der Waals surface area (Å²) in [5.74, 6) is 0.0879. The number of hydrogen-bond acceptors (Lipinski definition) is 1. The number of benzene rings is 1. The van der Waals surface area contributed by atoms with Crippen molar-refractivity contribution in [3.63, 3.8) is 0 Å². The molecule has 0 bridgehead atoms. The molecule has 2 nitrogen and oxygen atoms in total. The standard InChI is InChI=1S/C12H12NO.W/c1-2-13-11-8-4-3-6-10(11)7-5-9-12(13)14;/h3-4,6,8H,1,5,7,9H2;/q-1;. The van der Waals surface area contributed by atoms with Gasteiger partial charge >= 0.3 is 0 Å². The number of rotatable bonds is 1. The first-order valence-electron chi connectivity index (χ1n) is 4.76. The summed E-state index contributed by atoms with van der Waals surface area (Å²) in [6.07, 6.45) is 5.13. The van der Waals surface area contributed by atoms with Crippen LogP contribution in [-0.2, 0) is 32.3 Å². The van der Waals surface area contributed by atoms with Crippen molar-refractivity contribution < 1.29 is 25.9 Å². The van der Waals surface area contributed by atoms with Gasteiger partial charge in [-0.3, -0.25) is 0 Å². The van der Waals surface area contributed by atoms with E-state index in [4.69, 9.17) is 0 Å². The fourth-order valence-electron chi connectivity index (χ4n) is 1.79. The second kappa shape index (κ2) is 5.27. The van der Waals surface area contributed by atoms with Gasteiger partial charge in [0.1, 0.15) is 5.91 Å². The number of amides is 1. The van der Waals surface area contributed by atoms with Crippen LogP contribution in [0.3, 0.4) is 0 Å². The van der Waals surface area contributed by atoms with Crippen molar-refractivity contribution in [2.24, 2.45) is 0 Å². The van der Waals surface area contributed by atoms with Crippen LogP contribution in [0.5, 0.6) is 0 Å². The van der Waals surface area contributed by atoms with Gasteiger partial charge in [0.15, 0.2) is 0 Å². The van der Waals surface area contributed by atoms with E-state index in [1.165, 1.54) is 10.5 Å². The fraction of sp³-hybridized carbons (Fsp3) is 0.250. The average molecular weight is 370 g/mol. The minimum absolute atomic E-state index is 0. The van der Waals surface area contributed by atoms with Crippen LogP contribution in [0.15, 0.2) is 30.8 Å². The van der Waals surface area contributed by atoms with E-state index in [1.807, 2.05) is 18.2 Å². The Labute approximate surface area is 104 Å². The smallest absolute Gasteiger partial charge is 0.118 e. The molecule has 0 saturated carbocycles. The van der Waals surface area contributed by atoms with E-state index in [0.717, 1.165) is 18.5 Å². The summed E-state index contributed by atoms with van der Waals surface area (Å²) in [7, 11) is 0. The largest absolute Gasteiger partial charge is 0.450 e. The Balaban J connectivity index is 0.00000112. The van der Waals surface area contributed by atoms with Crippen molar-refractivity contribution >= 4 is 11.6 Å². The molecule has 3 heteroatoms. The van der Waals surface area contributed by atoms with Crippen LogP contribution in [0.2, 0.25) is 0 Å². The van der Waals surface area contributed by atoms with Crippen LogP contribution in [0.1, 0.15) is 18.4 Å². The third-order valence-corrected chi connectivity index (χ3v) is 2.48. The van der Waals surface area contributed by atoms with Crippen LogP contribution < -0.4 is 4.90 Å². The molecular formula is C12H12NOW-. The van der Waals surface area contributed by atoms with Crippen LogP contribution >= 0.6 is 0 Å². The number of anilines is 1. The van der Waals surface area contributed by atoms with Gasteiger partial charge in [-0.2, -0.15) is 0 Å². The molecule has 0 radical (unpaired) electrons. The maximum atomic E-state index is 11.6. The predicted octanol–water partition coefficient (Wildman–Crippen LogP) is 2.30.